The highest BCUT2D eigenvalue weighted by molar-refractivity contribution is 8.18. The third-order valence-corrected chi connectivity index (χ3v) is 5.38. The van der Waals surface area contributed by atoms with E-state index in [1.807, 2.05) is 48.5 Å². The van der Waals surface area contributed by atoms with E-state index in [-0.39, 0.29) is 11.7 Å². The number of thioether (sulfide) groups is 1. The van der Waals surface area contributed by atoms with Gasteiger partial charge in [0.15, 0.2) is 5.17 Å². The molecule has 0 saturated carbocycles. The first kappa shape index (κ1) is 20.2. The highest BCUT2D eigenvalue weighted by atomic mass is 35.5. The molecule has 3 aromatic carbocycles. The van der Waals surface area contributed by atoms with Crippen molar-refractivity contribution in [1.29, 1.82) is 0 Å². The summed E-state index contributed by atoms with van der Waals surface area (Å²) in [6, 6.07) is 20.7. The molecular formula is C23H16ClFN2O2S. The van der Waals surface area contributed by atoms with E-state index in [1.165, 1.54) is 23.9 Å². The SMILES string of the molecule is O=C1NC(=Nc2ccc(F)cc2)SC1=Cc1ccccc1OCc1ccc(Cl)cc1. The number of aliphatic imine (C=N–C) groups is 1. The quantitative estimate of drug-likeness (QED) is 0.501. The summed E-state index contributed by atoms with van der Waals surface area (Å²) in [4.78, 5) is 17.2. The zero-order chi connectivity index (χ0) is 20.9. The molecule has 0 bridgehead atoms. The van der Waals surface area contributed by atoms with Gasteiger partial charge in [-0.15, -0.1) is 0 Å². The maximum atomic E-state index is 13.0. The number of carbonyl (C=O) groups excluding carboxylic acids is 1. The van der Waals surface area contributed by atoms with Crippen LogP contribution in [0.15, 0.2) is 82.7 Å². The lowest BCUT2D eigenvalue weighted by atomic mass is 10.2. The van der Waals surface area contributed by atoms with Crippen molar-refractivity contribution in [2.75, 3.05) is 0 Å². The minimum absolute atomic E-state index is 0.242. The van der Waals surface area contributed by atoms with Gasteiger partial charge in [0.25, 0.3) is 5.91 Å². The number of nitrogens with one attached hydrogen (secondary N) is 1. The second-order valence-electron chi connectivity index (χ2n) is 6.41. The topological polar surface area (TPSA) is 50.7 Å². The Morgan fingerprint density at radius 3 is 2.53 bits per heavy atom. The second kappa shape index (κ2) is 9.15. The first-order chi connectivity index (χ1) is 14.6. The Balaban J connectivity index is 1.51. The Kier molecular flexibility index (Phi) is 6.16. The summed E-state index contributed by atoms with van der Waals surface area (Å²) in [5.41, 5.74) is 2.34. The molecule has 1 aliphatic heterocycles. The zero-order valence-electron chi connectivity index (χ0n) is 15.6. The van der Waals surface area contributed by atoms with Crippen LogP contribution in [-0.4, -0.2) is 11.1 Å². The molecule has 0 aromatic heterocycles. The summed E-state index contributed by atoms with van der Waals surface area (Å²) < 4.78 is 19.0. The number of ether oxygens (including phenoxy) is 1. The number of amides is 1. The fraction of sp³-hybridized carbons (Fsp3) is 0.0435. The molecule has 3 aromatic rings. The third kappa shape index (κ3) is 5.09. The van der Waals surface area contributed by atoms with Gasteiger partial charge in [-0.1, -0.05) is 41.9 Å². The molecule has 0 aliphatic carbocycles. The average molecular weight is 439 g/mol. The van der Waals surface area contributed by atoms with Crippen LogP contribution >= 0.6 is 23.4 Å². The first-order valence-corrected chi connectivity index (χ1v) is 10.3. The molecule has 0 atom stereocenters. The van der Waals surface area contributed by atoms with Gasteiger partial charge in [-0.2, -0.15) is 0 Å². The summed E-state index contributed by atoms with van der Waals surface area (Å²) in [5.74, 6) is 0.0866. The molecule has 1 N–H and O–H groups in total. The predicted octanol–water partition coefficient (Wildman–Crippen LogP) is 5.95. The molecule has 30 heavy (non-hydrogen) atoms. The van der Waals surface area contributed by atoms with Crippen molar-refractivity contribution >= 4 is 46.2 Å². The number of para-hydroxylation sites is 1. The Bertz CT molecular complexity index is 1130. The number of hydrogen-bond donors (Lipinski definition) is 1. The van der Waals surface area contributed by atoms with E-state index >= 15 is 0 Å². The number of nitrogens with zero attached hydrogens (tertiary/aromatic N) is 1. The Hall–Kier alpha value is -3.09. The third-order valence-electron chi connectivity index (χ3n) is 4.22. The van der Waals surface area contributed by atoms with Gasteiger partial charge in [-0.3, -0.25) is 4.79 Å². The Labute approximate surface area is 182 Å². The number of carbonyl (C=O) groups is 1. The van der Waals surface area contributed by atoms with Crippen LogP contribution in [0.3, 0.4) is 0 Å². The molecule has 4 rings (SSSR count). The highest BCUT2D eigenvalue weighted by Crippen LogP contribution is 2.31. The minimum atomic E-state index is -0.335. The van der Waals surface area contributed by atoms with Crippen molar-refractivity contribution in [3.63, 3.8) is 0 Å². The molecule has 1 amide bonds. The van der Waals surface area contributed by atoms with Crippen LogP contribution in [0.5, 0.6) is 5.75 Å². The van der Waals surface area contributed by atoms with E-state index in [4.69, 9.17) is 16.3 Å². The van der Waals surface area contributed by atoms with E-state index in [0.717, 1.165) is 11.1 Å². The normalized spacial score (nSPS) is 16.1. The zero-order valence-corrected chi connectivity index (χ0v) is 17.2. The van der Waals surface area contributed by atoms with E-state index in [0.29, 0.717) is 33.1 Å². The molecule has 1 saturated heterocycles. The monoisotopic (exact) mass is 438 g/mol. The molecule has 1 aliphatic rings. The fourth-order valence-corrected chi connectivity index (χ4v) is 3.69. The van der Waals surface area contributed by atoms with Gasteiger partial charge >= 0.3 is 0 Å². The maximum Gasteiger partial charge on any atom is 0.264 e. The summed E-state index contributed by atoms with van der Waals surface area (Å²) in [5, 5.41) is 3.84. The van der Waals surface area contributed by atoms with E-state index in [9.17, 15) is 9.18 Å². The number of amidine groups is 1. The van der Waals surface area contributed by atoms with Crippen LogP contribution in [-0.2, 0) is 11.4 Å². The molecule has 1 heterocycles. The first-order valence-electron chi connectivity index (χ1n) is 9.08. The van der Waals surface area contributed by atoms with E-state index in [2.05, 4.69) is 10.3 Å². The summed E-state index contributed by atoms with van der Waals surface area (Å²) >= 11 is 7.14. The van der Waals surface area contributed by atoms with Crippen molar-refractivity contribution in [3.05, 3.63) is 99.7 Å². The van der Waals surface area contributed by atoms with Gasteiger partial charge in [0, 0.05) is 10.6 Å². The Morgan fingerprint density at radius 1 is 1.03 bits per heavy atom. The van der Waals surface area contributed by atoms with Crippen LogP contribution in [0.4, 0.5) is 10.1 Å². The molecule has 0 spiro atoms. The van der Waals surface area contributed by atoms with Gasteiger partial charge in [0.05, 0.1) is 10.6 Å². The highest BCUT2D eigenvalue weighted by Gasteiger charge is 2.24. The number of rotatable bonds is 5. The van der Waals surface area contributed by atoms with E-state index < -0.39 is 0 Å². The van der Waals surface area contributed by atoms with Crippen molar-refractivity contribution in [2.24, 2.45) is 4.99 Å². The van der Waals surface area contributed by atoms with Crippen LogP contribution in [0.25, 0.3) is 6.08 Å². The lowest BCUT2D eigenvalue weighted by molar-refractivity contribution is -0.115. The summed E-state index contributed by atoms with van der Waals surface area (Å²) in [6.45, 7) is 0.383. The molecule has 0 radical (unpaired) electrons. The fourth-order valence-electron chi connectivity index (χ4n) is 2.73. The van der Waals surface area contributed by atoms with Gasteiger partial charge in [-0.05, 0) is 65.9 Å². The van der Waals surface area contributed by atoms with Crippen molar-refractivity contribution in [3.8, 4) is 5.75 Å². The minimum Gasteiger partial charge on any atom is -0.488 e. The van der Waals surface area contributed by atoms with Crippen LogP contribution in [0.1, 0.15) is 11.1 Å². The summed E-state index contributed by atoms with van der Waals surface area (Å²) in [6.07, 6.45) is 1.77. The van der Waals surface area contributed by atoms with Crippen molar-refractivity contribution in [2.45, 2.75) is 6.61 Å². The molecule has 1 fully saturated rings. The van der Waals surface area contributed by atoms with Crippen LogP contribution in [0, 0.1) is 5.82 Å². The Morgan fingerprint density at radius 2 is 1.77 bits per heavy atom. The van der Waals surface area contributed by atoms with Crippen LogP contribution < -0.4 is 10.1 Å². The second-order valence-corrected chi connectivity index (χ2v) is 7.88. The van der Waals surface area contributed by atoms with Crippen LogP contribution in [0.2, 0.25) is 5.02 Å². The lowest BCUT2D eigenvalue weighted by Gasteiger charge is -2.09. The van der Waals surface area contributed by atoms with Gasteiger partial charge in [0.2, 0.25) is 0 Å². The van der Waals surface area contributed by atoms with Gasteiger partial charge < -0.3 is 10.1 Å². The molecule has 7 heteroatoms. The van der Waals surface area contributed by atoms with E-state index in [1.54, 1.807) is 18.2 Å². The number of hydrogen-bond acceptors (Lipinski definition) is 4. The summed E-state index contributed by atoms with van der Waals surface area (Å²) in [7, 11) is 0. The van der Waals surface area contributed by atoms with Crippen molar-refractivity contribution < 1.29 is 13.9 Å². The van der Waals surface area contributed by atoms with Crippen molar-refractivity contribution in [1.82, 2.24) is 5.32 Å². The smallest absolute Gasteiger partial charge is 0.264 e. The predicted molar refractivity (Wildman–Crippen MR) is 119 cm³/mol. The number of halogens is 2. The molecule has 150 valence electrons. The number of benzene rings is 3. The standard InChI is InChI=1S/C23H16ClFN2O2S/c24-17-7-5-15(6-8-17)14-29-20-4-2-1-3-16(20)13-21-22(28)27-23(30-21)26-19-11-9-18(25)10-12-19/h1-13H,14H2,(H,26,27,28). The molecule has 4 nitrogen and oxygen atoms in total. The van der Waals surface area contributed by atoms with Gasteiger partial charge in [0.1, 0.15) is 18.2 Å². The molecular weight excluding hydrogens is 423 g/mol. The maximum absolute atomic E-state index is 13.0. The average Bonchev–Trinajstić information content (AvgIpc) is 3.09. The van der Waals surface area contributed by atoms with Gasteiger partial charge in [-0.25, -0.2) is 9.38 Å². The largest absolute Gasteiger partial charge is 0.488 e. The molecule has 0 unspecified atom stereocenters. The lowest BCUT2D eigenvalue weighted by Crippen LogP contribution is -2.19.